The molecule has 1 unspecified atom stereocenters. The number of hydrogen-bond donors (Lipinski definition) is 1. The van der Waals surface area contributed by atoms with E-state index < -0.39 is 0 Å². The van der Waals surface area contributed by atoms with Crippen molar-refractivity contribution in [2.75, 3.05) is 18.5 Å². The molecule has 1 aromatic heterocycles. The molecule has 0 aliphatic carbocycles. The highest BCUT2D eigenvalue weighted by Crippen LogP contribution is 2.12. The summed E-state index contributed by atoms with van der Waals surface area (Å²) in [7, 11) is 0. The first-order valence-electron chi connectivity index (χ1n) is 6.70. The second kappa shape index (κ2) is 7.07. The number of ether oxygens (including phenoxy) is 1. The van der Waals surface area contributed by atoms with Crippen LogP contribution in [-0.4, -0.2) is 29.1 Å². The zero-order valence-corrected chi connectivity index (χ0v) is 12.4. The summed E-state index contributed by atoms with van der Waals surface area (Å²) in [6, 6.07) is 0. The number of esters is 1. The molecule has 1 aromatic rings. The number of rotatable bonds is 6. The van der Waals surface area contributed by atoms with E-state index >= 15 is 0 Å². The van der Waals surface area contributed by atoms with Crippen LogP contribution < -0.4 is 5.32 Å². The first-order valence-corrected chi connectivity index (χ1v) is 6.70. The molecule has 0 aliphatic heterocycles. The van der Waals surface area contributed by atoms with Gasteiger partial charge in [0.05, 0.1) is 17.9 Å². The van der Waals surface area contributed by atoms with Gasteiger partial charge in [0.15, 0.2) is 0 Å². The third-order valence-corrected chi connectivity index (χ3v) is 3.19. The number of anilines is 1. The molecule has 5 nitrogen and oxygen atoms in total. The number of aryl methyl sites for hydroxylation is 1. The summed E-state index contributed by atoms with van der Waals surface area (Å²) >= 11 is 0. The van der Waals surface area contributed by atoms with Crippen LogP contribution in [0, 0.1) is 18.8 Å². The molecule has 0 amide bonds. The summed E-state index contributed by atoms with van der Waals surface area (Å²) in [4.78, 5) is 20.0. The van der Waals surface area contributed by atoms with Crippen LogP contribution in [0.2, 0.25) is 0 Å². The van der Waals surface area contributed by atoms with Crippen molar-refractivity contribution >= 4 is 11.9 Å². The van der Waals surface area contributed by atoms with Gasteiger partial charge in [-0.05, 0) is 25.7 Å². The summed E-state index contributed by atoms with van der Waals surface area (Å²) in [6.45, 7) is 11.3. The zero-order valence-electron chi connectivity index (χ0n) is 12.4. The number of nitrogens with zero attached hydrogens (tertiary/aromatic N) is 2. The van der Waals surface area contributed by atoms with E-state index in [1.54, 1.807) is 13.8 Å². The van der Waals surface area contributed by atoms with E-state index in [9.17, 15) is 4.79 Å². The number of aromatic nitrogens is 2. The maximum Gasteiger partial charge on any atom is 0.341 e. The Labute approximate surface area is 114 Å². The Morgan fingerprint density at radius 2 is 2.11 bits per heavy atom. The lowest BCUT2D eigenvalue weighted by atomic mass is 9.98. The van der Waals surface area contributed by atoms with E-state index in [1.807, 2.05) is 0 Å². The van der Waals surface area contributed by atoms with Crippen molar-refractivity contribution in [3.05, 3.63) is 17.5 Å². The average Bonchev–Trinajstić information content (AvgIpc) is 2.36. The van der Waals surface area contributed by atoms with Crippen LogP contribution in [0.1, 0.15) is 43.7 Å². The molecule has 0 fully saturated rings. The van der Waals surface area contributed by atoms with Crippen molar-refractivity contribution in [3.8, 4) is 0 Å². The Bertz CT molecular complexity index is 433. The van der Waals surface area contributed by atoms with E-state index in [2.05, 4.69) is 36.1 Å². The van der Waals surface area contributed by atoms with Crippen LogP contribution in [0.4, 0.5) is 5.95 Å². The fourth-order valence-corrected chi connectivity index (χ4v) is 1.45. The first-order chi connectivity index (χ1) is 8.95. The molecule has 0 radical (unpaired) electrons. The third kappa shape index (κ3) is 4.50. The van der Waals surface area contributed by atoms with Crippen LogP contribution in [0.25, 0.3) is 0 Å². The lowest BCUT2D eigenvalue weighted by molar-refractivity contribution is 0.0524. The highest BCUT2D eigenvalue weighted by atomic mass is 16.5. The van der Waals surface area contributed by atoms with Crippen molar-refractivity contribution in [2.45, 2.75) is 34.6 Å². The molecular formula is C14H23N3O2. The minimum absolute atomic E-state index is 0.351. The fourth-order valence-electron chi connectivity index (χ4n) is 1.45. The molecule has 0 saturated heterocycles. The Morgan fingerprint density at radius 3 is 2.63 bits per heavy atom. The molecule has 1 N–H and O–H groups in total. The molecule has 5 heteroatoms. The molecule has 0 saturated carbocycles. The standard InChI is InChI=1S/C14H23N3O2/c1-6-19-13(18)12-8-16-14(17-11(12)5)15-7-10(4)9(2)3/h8-10H,6-7H2,1-5H3,(H,15,16,17). The Hall–Kier alpha value is -1.65. The molecule has 0 aliphatic rings. The van der Waals surface area contributed by atoms with Crippen molar-refractivity contribution in [3.63, 3.8) is 0 Å². The first kappa shape index (κ1) is 15.4. The fraction of sp³-hybridized carbons (Fsp3) is 0.643. The van der Waals surface area contributed by atoms with Gasteiger partial charge >= 0.3 is 5.97 Å². The molecule has 1 heterocycles. The molecule has 1 rings (SSSR count). The number of carbonyl (C=O) groups excluding carboxylic acids is 1. The Morgan fingerprint density at radius 1 is 1.42 bits per heavy atom. The molecule has 106 valence electrons. The van der Waals surface area contributed by atoms with Crippen molar-refractivity contribution in [1.82, 2.24) is 9.97 Å². The van der Waals surface area contributed by atoms with Crippen molar-refractivity contribution in [1.29, 1.82) is 0 Å². The maximum atomic E-state index is 11.6. The lowest BCUT2D eigenvalue weighted by Gasteiger charge is -2.16. The van der Waals surface area contributed by atoms with Gasteiger partial charge in [0.25, 0.3) is 0 Å². The van der Waals surface area contributed by atoms with E-state index in [-0.39, 0.29) is 5.97 Å². The highest BCUT2D eigenvalue weighted by Gasteiger charge is 2.13. The van der Waals surface area contributed by atoms with E-state index in [0.717, 1.165) is 6.54 Å². The topological polar surface area (TPSA) is 64.1 Å². The second-order valence-electron chi connectivity index (χ2n) is 5.02. The average molecular weight is 265 g/mol. The Kier molecular flexibility index (Phi) is 5.73. The van der Waals surface area contributed by atoms with E-state index in [0.29, 0.717) is 35.6 Å². The summed E-state index contributed by atoms with van der Waals surface area (Å²) in [5.41, 5.74) is 1.05. The summed E-state index contributed by atoms with van der Waals surface area (Å²) in [5.74, 6) is 1.32. The largest absolute Gasteiger partial charge is 0.462 e. The Balaban J connectivity index is 2.69. The molecule has 0 bridgehead atoms. The number of carbonyl (C=O) groups is 1. The normalized spacial score (nSPS) is 12.3. The van der Waals surface area contributed by atoms with Crippen LogP contribution in [0.15, 0.2) is 6.20 Å². The summed E-state index contributed by atoms with van der Waals surface area (Å²) in [6.07, 6.45) is 1.52. The van der Waals surface area contributed by atoms with Gasteiger partial charge in [0.1, 0.15) is 0 Å². The highest BCUT2D eigenvalue weighted by molar-refractivity contribution is 5.90. The van der Waals surface area contributed by atoms with E-state index in [1.165, 1.54) is 6.20 Å². The summed E-state index contributed by atoms with van der Waals surface area (Å²) < 4.78 is 4.94. The molecule has 19 heavy (non-hydrogen) atoms. The molecule has 1 atom stereocenters. The van der Waals surface area contributed by atoms with Gasteiger partial charge in [-0.2, -0.15) is 0 Å². The monoisotopic (exact) mass is 265 g/mol. The zero-order chi connectivity index (χ0) is 14.4. The van der Waals surface area contributed by atoms with Crippen molar-refractivity contribution in [2.24, 2.45) is 11.8 Å². The van der Waals surface area contributed by atoms with E-state index in [4.69, 9.17) is 4.74 Å². The van der Waals surface area contributed by atoms with Gasteiger partial charge in [-0.1, -0.05) is 20.8 Å². The number of nitrogens with one attached hydrogen (secondary N) is 1. The van der Waals surface area contributed by atoms with Gasteiger partial charge < -0.3 is 10.1 Å². The van der Waals surface area contributed by atoms with Crippen LogP contribution >= 0.6 is 0 Å². The number of hydrogen-bond acceptors (Lipinski definition) is 5. The van der Waals surface area contributed by atoms with Gasteiger partial charge in [-0.15, -0.1) is 0 Å². The van der Waals surface area contributed by atoms with Crippen molar-refractivity contribution < 1.29 is 9.53 Å². The van der Waals surface area contributed by atoms with Crippen LogP contribution in [-0.2, 0) is 4.74 Å². The quantitative estimate of drug-likeness (QED) is 0.801. The molecule has 0 aromatic carbocycles. The smallest absolute Gasteiger partial charge is 0.341 e. The predicted octanol–water partition coefficient (Wildman–Crippen LogP) is 2.67. The van der Waals surface area contributed by atoms with Gasteiger partial charge in [0.2, 0.25) is 5.95 Å². The van der Waals surface area contributed by atoms with Gasteiger partial charge in [-0.25, -0.2) is 14.8 Å². The molecule has 0 spiro atoms. The van der Waals surface area contributed by atoms with Crippen LogP contribution in [0.3, 0.4) is 0 Å². The molecular weight excluding hydrogens is 242 g/mol. The third-order valence-electron chi connectivity index (χ3n) is 3.19. The lowest BCUT2D eigenvalue weighted by Crippen LogP contribution is -2.18. The minimum Gasteiger partial charge on any atom is -0.462 e. The maximum absolute atomic E-state index is 11.6. The van der Waals surface area contributed by atoms with Crippen LogP contribution in [0.5, 0.6) is 0 Å². The summed E-state index contributed by atoms with van der Waals surface area (Å²) in [5, 5.41) is 3.19. The van der Waals surface area contributed by atoms with Gasteiger partial charge in [0, 0.05) is 12.7 Å². The predicted molar refractivity (Wildman–Crippen MR) is 75.2 cm³/mol. The minimum atomic E-state index is -0.373. The second-order valence-corrected chi connectivity index (χ2v) is 5.02. The SMILES string of the molecule is CCOC(=O)c1cnc(NCC(C)C(C)C)nc1C. The van der Waals surface area contributed by atoms with Gasteiger partial charge in [-0.3, -0.25) is 0 Å².